The van der Waals surface area contributed by atoms with Gasteiger partial charge >= 0.3 is 0 Å². The summed E-state index contributed by atoms with van der Waals surface area (Å²) in [4.78, 5) is 6.88. The Balaban J connectivity index is 1.33. The Labute approximate surface area is 153 Å². The number of imidazole rings is 1. The highest BCUT2D eigenvalue weighted by Crippen LogP contribution is 2.22. The van der Waals surface area contributed by atoms with Crippen molar-refractivity contribution in [2.45, 2.75) is 32.0 Å². The van der Waals surface area contributed by atoms with Crippen molar-refractivity contribution in [3.63, 3.8) is 0 Å². The van der Waals surface area contributed by atoms with E-state index < -0.39 is 0 Å². The van der Waals surface area contributed by atoms with E-state index in [0.717, 1.165) is 37.8 Å². The Hall–Kier alpha value is -2.73. The van der Waals surface area contributed by atoms with Crippen LogP contribution in [0.5, 0.6) is 0 Å². The summed E-state index contributed by atoms with van der Waals surface area (Å²) in [7, 11) is 0. The van der Waals surface area contributed by atoms with E-state index in [2.05, 4.69) is 54.2 Å². The molecule has 1 aliphatic rings. The van der Waals surface area contributed by atoms with Gasteiger partial charge in [0.05, 0.1) is 6.54 Å². The van der Waals surface area contributed by atoms with Crippen LogP contribution in [-0.4, -0.2) is 38.9 Å². The predicted octanol–water partition coefficient (Wildman–Crippen LogP) is 2.48. The highest BCUT2D eigenvalue weighted by Gasteiger charge is 2.25. The molecule has 6 nitrogen and oxygen atoms in total. The minimum absolute atomic E-state index is 0.462. The van der Waals surface area contributed by atoms with Crippen molar-refractivity contribution >= 4 is 5.82 Å². The fraction of sp³-hybridized carbons (Fsp3) is 0.350. The first-order chi connectivity index (χ1) is 12.9. The molecule has 4 rings (SSSR count). The van der Waals surface area contributed by atoms with E-state index in [4.69, 9.17) is 0 Å². The molecule has 0 aliphatic carbocycles. The van der Waals surface area contributed by atoms with Crippen LogP contribution in [-0.2, 0) is 13.1 Å². The van der Waals surface area contributed by atoms with E-state index in [-0.39, 0.29) is 0 Å². The highest BCUT2D eigenvalue weighted by atomic mass is 15.3. The van der Waals surface area contributed by atoms with Gasteiger partial charge in [-0.2, -0.15) is 5.10 Å². The van der Waals surface area contributed by atoms with Crippen molar-refractivity contribution < 1.29 is 0 Å². The summed E-state index contributed by atoms with van der Waals surface area (Å²) < 4.78 is 2.21. The molecule has 3 aromatic rings. The van der Waals surface area contributed by atoms with Gasteiger partial charge in [-0.15, -0.1) is 5.10 Å². The Morgan fingerprint density at radius 3 is 2.85 bits per heavy atom. The highest BCUT2D eigenvalue weighted by molar-refractivity contribution is 5.39. The quantitative estimate of drug-likeness (QED) is 0.711. The van der Waals surface area contributed by atoms with Crippen molar-refractivity contribution in [2.75, 3.05) is 18.0 Å². The van der Waals surface area contributed by atoms with Crippen LogP contribution in [0.4, 0.5) is 5.82 Å². The minimum Gasteiger partial charge on any atom is -0.351 e. The number of hydrogen-bond acceptors (Lipinski definition) is 5. The molecule has 6 heteroatoms. The first-order valence-electron chi connectivity index (χ1n) is 9.19. The molecule has 1 aliphatic heterocycles. The van der Waals surface area contributed by atoms with Crippen molar-refractivity contribution in [3.05, 3.63) is 72.4 Å². The van der Waals surface area contributed by atoms with E-state index >= 15 is 0 Å². The molecule has 1 fully saturated rings. The Morgan fingerprint density at radius 2 is 2.00 bits per heavy atom. The van der Waals surface area contributed by atoms with E-state index in [1.54, 1.807) is 6.20 Å². The first-order valence-corrected chi connectivity index (χ1v) is 9.19. The fourth-order valence-corrected chi connectivity index (χ4v) is 3.58. The molecule has 3 heterocycles. The van der Waals surface area contributed by atoms with Crippen LogP contribution in [0, 0.1) is 0 Å². The summed E-state index contributed by atoms with van der Waals surface area (Å²) in [6, 6.07) is 14.9. The minimum atomic E-state index is 0.462. The second kappa shape index (κ2) is 8.10. The number of anilines is 1. The van der Waals surface area contributed by atoms with Gasteiger partial charge in [0.1, 0.15) is 5.82 Å². The molecule has 0 radical (unpaired) electrons. The van der Waals surface area contributed by atoms with Gasteiger partial charge in [0.2, 0.25) is 0 Å². The topological polar surface area (TPSA) is 58.9 Å². The molecule has 134 valence electrons. The molecular weight excluding hydrogens is 324 g/mol. The standard InChI is InChI=1S/C20H24N6/c1-2-6-17(7-3-1)16-25-13-11-22-20(25)15-21-14-18-8-5-12-26(18)19-9-4-10-23-24-19/h1-4,6-7,9-11,13,18,21H,5,8,12,14-16H2/t18-/m1/s1. The largest absolute Gasteiger partial charge is 0.351 e. The summed E-state index contributed by atoms with van der Waals surface area (Å²) in [6.07, 6.45) is 8.03. The lowest BCUT2D eigenvalue weighted by atomic mass is 10.2. The molecule has 0 saturated carbocycles. The summed E-state index contributed by atoms with van der Waals surface area (Å²) in [6.45, 7) is 3.60. The summed E-state index contributed by atoms with van der Waals surface area (Å²) in [5.74, 6) is 2.04. The van der Waals surface area contributed by atoms with Gasteiger partial charge in [0, 0.05) is 44.3 Å². The normalized spacial score (nSPS) is 16.9. The molecule has 0 spiro atoms. The van der Waals surface area contributed by atoms with Crippen LogP contribution in [0.25, 0.3) is 0 Å². The molecule has 1 atom stereocenters. The Morgan fingerprint density at radius 1 is 1.08 bits per heavy atom. The van der Waals surface area contributed by atoms with E-state index in [1.165, 1.54) is 18.4 Å². The Kier molecular flexibility index (Phi) is 5.21. The van der Waals surface area contributed by atoms with Crippen LogP contribution in [0.15, 0.2) is 61.1 Å². The zero-order chi connectivity index (χ0) is 17.6. The van der Waals surface area contributed by atoms with Crippen LogP contribution < -0.4 is 10.2 Å². The second-order valence-corrected chi connectivity index (χ2v) is 6.66. The van der Waals surface area contributed by atoms with E-state index in [9.17, 15) is 0 Å². The number of nitrogens with one attached hydrogen (secondary N) is 1. The molecule has 0 bridgehead atoms. The lowest BCUT2D eigenvalue weighted by molar-refractivity contribution is 0.548. The van der Waals surface area contributed by atoms with Crippen LogP contribution in [0.1, 0.15) is 24.2 Å². The number of nitrogens with zero attached hydrogens (tertiary/aromatic N) is 5. The van der Waals surface area contributed by atoms with Gasteiger partial charge < -0.3 is 14.8 Å². The number of benzene rings is 1. The summed E-state index contributed by atoms with van der Waals surface area (Å²) >= 11 is 0. The maximum atomic E-state index is 4.52. The lowest BCUT2D eigenvalue weighted by Gasteiger charge is -2.25. The van der Waals surface area contributed by atoms with Gasteiger partial charge in [0.15, 0.2) is 5.82 Å². The van der Waals surface area contributed by atoms with E-state index in [1.807, 2.05) is 30.6 Å². The zero-order valence-corrected chi connectivity index (χ0v) is 14.8. The van der Waals surface area contributed by atoms with Crippen LogP contribution in [0.2, 0.25) is 0 Å². The molecule has 26 heavy (non-hydrogen) atoms. The maximum absolute atomic E-state index is 4.52. The zero-order valence-electron chi connectivity index (χ0n) is 14.8. The maximum Gasteiger partial charge on any atom is 0.151 e. The average Bonchev–Trinajstić information content (AvgIpc) is 3.33. The monoisotopic (exact) mass is 348 g/mol. The smallest absolute Gasteiger partial charge is 0.151 e. The summed E-state index contributed by atoms with van der Waals surface area (Å²) in [5, 5.41) is 11.9. The second-order valence-electron chi connectivity index (χ2n) is 6.66. The molecule has 2 aromatic heterocycles. The van der Waals surface area contributed by atoms with Crippen molar-refractivity contribution in [2.24, 2.45) is 0 Å². The van der Waals surface area contributed by atoms with E-state index in [0.29, 0.717) is 6.04 Å². The Bertz CT molecular complexity index is 801. The van der Waals surface area contributed by atoms with Crippen molar-refractivity contribution in [1.29, 1.82) is 0 Å². The van der Waals surface area contributed by atoms with Crippen LogP contribution >= 0.6 is 0 Å². The third-order valence-electron chi connectivity index (χ3n) is 4.89. The van der Waals surface area contributed by atoms with Crippen molar-refractivity contribution in [3.8, 4) is 0 Å². The van der Waals surface area contributed by atoms with Crippen LogP contribution in [0.3, 0.4) is 0 Å². The third kappa shape index (κ3) is 3.91. The summed E-state index contributed by atoms with van der Waals surface area (Å²) in [5.41, 5.74) is 1.29. The lowest BCUT2D eigenvalue weighted by Crippen LogP contribution is -2.38. The molecule has 1 aromatic carbocycles. The van der Waals surface area contributed by atoms with Gasteiger partial charge in [-0.1, -0.05) is 30.3 Å². The average molecular weight is 348 g/mol. The fourth-order valence-electron chi connectivity index (χ4n) is 3.58. The van der Waals surface area contributed by atoms with Crippen molar-refractivity contribution in [1.82, 2.24) is 25.1 Å². The molecule has 1 saturated heterocycles. The van der Waals surface area contributed by atoms with Gasteiger partial charge in [-0.05, 0) is 30.5 Å². The van der Waals surface area contributed by atoms with Gasteiger partial charge in [-0.25, -0.2) is 4.98 Å². The third-order valence-corrected chi connectivity index (χ3v) is 4.89. The molecular formula is C20H24N6. The molecule has 0 amide bonds. The predicted molar refractivity (Wildman–Crippen MR) is 102 cm³/mol. The molecule has 1 N–H and O–H groups in total. The number of rotatable bonds is 7. The van der Waals surface area contributed by atoms with Gasteiger partial charge in [-0.3, -0.25) is 0 Å². The number of hydrogen-bond donors (Lipinski definition) is 1. The SMILES string of the molecule is c1ccc(Cn2ccnc2CNC[C@H]2CCCN2c2cccnn2)cc1. The first kappa shape index (κ1) is 16.7. The van der Waals surface area contributed by atoms with Gasteiger partial charge in [0.25, 0.3) is 0 Å². The number of aromatic nitrogens is 4. The molecule has 0 unspecified atom stereocenters.